The number of nitrogens with zero attached hydrogens (tertiary/aromatic N) is 2. The predicted octanol–water partition coefficient (Wildman–Crippen LogP) is 3.08. The first-order valence-electron chi connectivity index (χ1n) is 5.72. The molecule has 0 unspecified atom stereocenters. The molecule has 16 heavy (non-hydrogen) atoms. The zero-order valence-electron chi connectivity index (χ0n) is 9.37. The quantitative estimate of drug-likeness (QED) is 0.822. The molecule has 0 aliphatic heterocycles. The molecule has 1 heterocycles. The average Bonchev–Trinajstić information content (AvgIpc) is 2.76. The molecule has 5 heteroatoms. The van der Waals surface area contributed by atoms with E-state index >= 15 is 0 Å². The first-order chi connectivity index (χ1) is 7.79. The lowest BCUT2D eigenvalue weighted by molar-refractivity contribution is 0.579. The maximum absolute atomic E-state index is 13.5. The Bertz CT molecular complexity index is 353. The molecule has 0 saturated heterocycles. The summed E-state index contributed by atoms with van der Waals surface area (Å²) in [4.78, 5) is 8.08. The molecule has 0 radical (unpaired) electrons. The maximum atomic E-state index is 13.5. The van der Waals surface area contributed by atoms with Crippen molar-refractivity contribution < 1.29 is 4.39 Å². The number of thioether (sulfide) groups is 1. The minimum atomic E-state index is -0.307. The highest BCUT2D eigenvalue weighted by Gasteiger charge is 2.19. The van der Waals surface area contributed by atoms with Crippen molar-refractivity contribution in [1.82, 2.24) is 9.97 Å². The normalized spacial score (nSPS) is 16.6. The van der Waals surface area contributed by atoms with Crippen molar-refractivity contribution in [1.29, 1.82) is 0 Å². The molecular formula is C11H16FN3S. The second-order valence-electron chi connectivity index (χ2n) is 3.90. The first kappa shape index (κ1) is 11.6. The fraction of sp³-hybridized carbons (Fsp3) is 0.636. The second kappa shape index (κ2) is 5.48. The number of anilines is 1. The SMILES string of the molecule is CCNc1ncc(F)c(SC2CCCC2)n1. The summed E-state index contributed by atoms with van der Waals surface area (Å²) >= 11 is 1.55. The first-order valence-corrected chi connectivity index (χ1v) is 6.60. The Kier molecular flexibility index (Phi) is 3.98. The Morgan fingerprint density at radius 1 is 1.50 bits per heavy atom. The highest BCUT2D eigenvalue weighted by molar-refractivity contribution is 7.99. The van der Waals surface area contributed by atoms with Crippen molar-refractivity contribution in [2.45, 2.75) is 42.9 Å². The maximum Gasteiger partial charge on any atom is 0.223 e. The van der Waals surface area contributed by atoms with Crippen LogP contribution in [0.15, 0.2) is 11.2 Å². The van der Waals surface area contributed by atoms with Gasteiger partial charge in [0.2, 0.25) is 5.95 Å². The van der Waals surface area contributed by atoms with E-state index in [4.69, 9.17) is 0 Å². The molecule has 0 atom stereocenters. The highest BCUT2D eigenvalue weighted by Crippen LogP contribution is 2.34. The molecule has 1 aliphatic carbocycles. The monoisotopic (exact) mass is 241 g/mol. The standard InChI is InChI=1S/C11H16FN3S/c1-2-13-11-14-7-9(12)10(15-11)16-8-5-3-4-6-8/h7-8H,2-6H2,1H3,(H,13,14,15). The topological polar surface area (TPSA) is 37.8 Å². The third kappa shape index (κ3) is 2.84. The van der Waals surface area contributed by atoms with E-state index in [-0.39, 0.29) is 5.82 Å². The fourth-order valence-corrected chi connectivity index (χ4v) is 3.03. The number of halogens is 1. The summed E-state index contributed by atoms with van der Waals surface area (Å²) < 4.78 is 13.5. The van der Waals surface area contributed by atoms with Gasteiger partial charge in [0.15, 0.2) is 5.82 Å². The van der Waals surface area contributed by atoms with Gasteiger partial charge in [0.1, 0.15) is 5.03 Å². The fourth-order valence-electron chi connectivity index (χ4n) is 1.84. The summed E-state index contributed by atoms with van der Waals surface area (Å²) in [5, 5.41) is 4.01. The summed E-state index contributed by atoms with van der Waals surface area (Å²) in [6.45, 7) is 2.72. The van der Waals surface area contributed by atoms with Crippen LogP contribution in [0, 0.1) is 5.82 Å². The van der Waals surface area contributed by atoms with Gasteiger partial charge in [0, 0.05) is 11.8 Å². The molecule has 1 saturated carbocycles. The van der Waals surface area contributed by atoms with E-state index in [1.807, 2.05) is 6.92 Å². The summed E-state index contributed by atoms with van der Waals surface area (Å²) in [5.41, 5.74) is 0. The summed E-state index contributed by atoms with van der Waals surface area (Å²) in [6.07, 6.45) is 6.10. The predicted molar refractivity (Wildman–Crippen MR) is 64.3 cm³/mol. The van der Waals surface area contributed by atoms with Gasteiger partial charge in [-0.25, -0.2) is 14.4 Å². The van der Waals surface area contributed by atoms with Crippen LogP contribution in [-0.2, 0) is 0 Å². The van der Waals surface area contributed by atoms with Crippen LogP contribution in [0.1, 0.15) is 32.6 Å². The van der Waals surface area contributed by atoms with E-state index in [1.54, 1.807) is 11.8 Å². The Hall–Kier alpha value is -0.840. The van der Waals surface area contributed by atoms with Gasteiger partial charge in [0.05, 0.1) is 6.20 Å². The Morgan fingerprint density at radius 2 is 2.25 bits per heavy atom. The van der Waals surface area contributed by atoms with Gasteiger partial charge in [-0.3, -0.25) is 0 Å². The van der Waals surface area contributed by atoms with Crippen LogP contribution < -0.4 is 5.32 Å². The van der Waals surface area contributed by atoms with Gasteiger partial charge < -0.3 is 5.32 Å². The van der Waals surface area contributed by atoms with Gasteiger partial charge in [-0.15, -0.1) is 0 Å². The zero-order chi connectivity index (χ0) is 11.4. The molecule has 1 fully saturated rings. The van der Waals surface area contributed by atoms with Crippen LogP contribution in [0.4, 0.5) is 10.3 Å². The number of hydrogen-bond donors (Lipinski definition) is 1. The van der Waals surface area contributed by atoms with Crippen LogP contribution in [0.25, 0.3) is 0 Å². The van der Waals surface area contributed by atoms with Crippen LogP contribution in [0.3, 0.4) is 0 Å². The molecule has 1 aromatic heterocycles. The molecule has 1 aliphatic rings. The van der Waals surface area contributed by atoms with E-state index in [2.05, 4.69) is 15.3 Å². The lowest BCUT2D eigenvalue weighted by Crippen LogP contribution is -2.05. The summed E-state index contributed by atoms with van der Waals surface area (Å²) in [6, 6.07) is 0. The van der Waals surface area contributed by atoms with Gasteiger partial charge >= 0.3 is 0 Å². The third-order valence-corrected chi connectivity index (χ3v) is 3.94. The lowest BCUT2D eigenvalue weighted by Gasteiger charge is -2.09. The van der Waals surface area contributed by atoms with E-state index in [0.717, 1.165) is 6.54 Å². The Morgan fingerprint density at radius 3 is 2.94 bits per heavy atom. The molecule has 3 nitrogen and oxygen atoms in total. The van der Waals surface area contributed by atoms with Gasteiger partial charge in [-0.1, -0.05) is 24.6 Å². The lowest BCUT2D eigenvalue weighted by atomic mass is 10.4. The highest BCUT2D eigenvalue weighted by atomic mass is 32.2. The molecular weight excluding hydrogens is 225 g/mol. The third-order valence-electron chi connectivity index (χ3n) is 2.63. The molecule has 1 N–H and O–H groups in total. The van der Waals surface area contributed by atoms with Crippen LogP contribution in [-0.4, -0.2) is 21.8 Å². The number of rotatable bonds is 4. The number of aromatic nitrogens is 2. The minimum absolute atomic E-state index is 0.307. The Balaban J connectivity index is 2.08. The number of hydrogen-bond acceptors (Lipinski definition) is 4. The van der Waals surface area contributed by atoms with Crippen molar-refractivity contribution >= 4 is 17.7 Å². The second-order valence-corrected chi connectivity index (χ2v) is 5.19. The van der Waals surface area contributed by atoms with Crippen LogP contribution in [0.2, 0.25) is 0 Å². The smallest absolute Gasteiger partial charge is 0.223 e. The van der Waals surface area contributed by atoms with Gasteiger partial charge in [-0.2, -0.15) is 0 Å². The molecule has 0 amide bonds. The van der Waals surface area contributed by atoms with Crippen molar-refractivity contribution in [2.75, 3.05) is 11.9 Å². The van der Waals surface area contributed by atoms with Crippen molar-refractivity contribution in [2.24, 2.45) is 0 Å². The molecule has 0 bridgehead atoms. The molecule has 0 spiro atoms. The van der Waals surface area contributed by atoms with E-state index in [1.165, 1.54) is 31.9 Å². The molecule has 1 aromatic rings. The van der Waals surface area contributed by atoms with Crippen molar-refractivity contribution in [3.63, 3.8) is 0 Å². The Labute approximate surface area is 99.3 Å². The van der Waals surface area contributed by atoms with E-state index < -0.39 is 0 Å². The van der Waals surface area contributed by atoms with Crippen LogP contribution >= 0.6 is 11.8 Å². The van der Waals surface area contributed by atoms with Crippen molar-refractivity contribution in [3.05, 3.63) is 12.0 Å². The van der Waals surface area contributed by atoms with Gasteiger partial charge in [-0.05, 0) is 19.8 Å². The van der Waals surface area contributed by atoms with Crippen LogP contribution in [0.5, 0.6) is 0 Å². The molecule has 2 rings (SSSR count). The van der Waals surface area contributed by atoms with Crippen molar-refractivity contribution in [3.8, 4) is 0 Å². The minimum Gasteiger partial charge on any atom is -0.354 e. The number of nitrogens with one attached hydrogen (secondary N) is 1. The van der Waals surface area contributed by atoms with Gasteiger partial charge in [0.25, 0.3) is 0 Å². The van der Waals surface area contributed by atoms with E-state index in [9.17, 15) is 4.39 Å². The average molecular weight is 241 g/mol. The zero-order valence-corrected chi connectivity index (χ0v) is 10.2. The van der Waals surface area contributed by atoms with E-state index in [0.29, 0.717) is 16.2 Å². The molecule has 0 aromatic carbocycles. The summed E-state index contributed by atoms with van der Waals surface area (Å²) in [5.74, 6) is 0.211. The summed E-state index contributed by atoms with van der Waals surface area (Å²) in [7, 11) is 0. The largest absolute Gasteiger partial charge is 0.354 e. The molecule has 88 valence electrons.